The molecule has 3 rings (SSSR count). The topological polar surface area (TPSA) is 24.5 Å². The highest BCUT2D eigenvalue weighted by Crippen LogP contribution is 2.41. The first-order chi connectivity index (χ1) is 10.3. The summed E-state index contributed by atoms with van der Waals surface area (Å²) in [6, 6.07) is 0. The molecule has 0 radical (unpaired) electrons. The fourth-order valence-electron chi connectivity index (χ4n) is 3.25. The predicted molar refractivity (Wildman–Crippen MR) is 94.9 cm³/mol. The second-order valence-corrected chi connectivity index (χ2v) is 12.9. The van der Waals surface area contributed by atoms with Crippen LogP contribution in [0.5, 0.6) is 0 Å². The average molecular weight is 319 g/mol. The Bertz CT molecular complexity index is 540. The number of hydrogen-bond donors (Lipinski definition) is 1. The van der Waals surface area contributed by atoms with E-state index in [1.807, 2.05) is 0 Å². The Labute approximate surface area is 136 Å². The Morgan fingerprint density at radius 3 is 2.82 bits per heavy atom. The number of hydrogen-bond acceptors (Lipinski definition) is 3. The van der Waals surface area contributed by atoms with E-state index in [0.717, 1.165) is 32.4 Å². The van der Waals surface area contributed by atoms with Crippen molar-refractivity contribution in [2.45, 2.75) is 64.3 Å². The molecule has 1 N–H and O–H groups in total. The summed E-state index contributed by atoms with van der Waals surface area (Å²) in [5.74, 6) is 0. The first-order valence-electron chi connectivity index (χ1n) is 8.56. The average Bonchev–Trinajstić information content (AvgIpc) is 2.80. The highest BCUT2D eigenvalue weighted by molar-refractivity contribution is 6.74. The molecular formula is C18H30N2OSi. The molecule has 0 fully saturated rings. The van der Waals surface area contributed by atoms with Crippen LogP contribution in [0.4, 0.5) is 0 Å². The Kier molecular flexibility index (Phi) is 4.02. The first-order valence-corrected chi connectivity index (χ1v) is 11.5. The van der Waals surface area contributed by atoms with Crippen LogP contribution in [0.25, 0.3) is 0 Å². The van der Waals surface area contributed by atoms with Gasteiger partial charge in [-0.1, -0.05) is 26.8 Å². The molecule has 1 atom stereocenters. The number of allylic oxidation sites excluding steroid dienone is 2. The Hall–Kier alpha value is -1.00. The van der Waals surface area contributed by atoms with Crippen LogP contribution in [0, 0.1) is 0 Å². The van der Waals surface area contributed by atoms with Gasteiger partial charge in [0.15, 0.2) is 8.32 Å². The van der Waals surface area contributed by atoms with Crippen molar-refractivity contribution >= 4 is 8.32 Å². The van der Waals surface area contributed by atoms with Gasteiger partial charge in [-0.3, -0.25) is 0 Å². The minimum absolute atomic E-state index is 0.281. The zero-order valence-corrected chi connectivity index (χ0v) is 15.7. The summed E-state index contributed by atoms with van der Waals surface area (Å²) < 4.78 is 6.69. The molecule has 2 heterocycles. The van der Waals surface area contributed by atoms with Gasteiger partial charge < -0.3 is 14.6 Å². The van der Waals surface area contributed by atoms with Crippen LogP contribution in [0.1, 0.15) is 40.0 Å². The fraction of sp³-hybridized carbons (Fsp3) is 0.667. The van der Waals surface area contributed by atoms with Crippen molar-refractivity contribution in [1.82, 2.24) is 10.2 Å². The molecule has 4 heteroatoms. The lowest BCUT2D eigenvalue weighted by Gasteiger charge is -2.41. The van der Waals surface area contributed by atoms with Gasteiger partial charge in [-0.2, -0.15) is 0 Å². The van der Waals surface area contributed by atoms with Crippen LogP contribution in [0.15, 0.2) is 35.3 Å². The van der Waals surface area contributed by atoms with Crippen molar-refractivity contribution in [3.8, 4) is 0 Å². The smallest absolute Gasteiger partial charge is 0.192 e. The van der Waals surface area contributed by atoms with E-state index in [2.05, 4.69) is 62.3 Å². The van der Waals surface area contributed by atoms with Crippen molar-refractivity contribution in [1.29, 1.82) is 0 Å². The zero-order valence-electron chi connectivity index (χ0n) is 14.7. The van der Waals surface area contributed by atoms with Crippen molar-refractivity contribution in [3.63, 3.8) is 0 Å². The molecule has 0 spiro atoms. The lowest BCUT2D eigenvalue weighted by Crippen LogP contribution is -2.45. The monoisotopic (exact) mass is 318 g/mol. The molecule has 22 heavy (non-hydrogen) atoms. The maximum absolute atomic E-state index is 6.69. The third-order valence-electron chi connectivity index (χ3n) is 5.59. The molecule has 0 amide bonds. The standard InChI is InChI=1S/C18H30N2OSi/c1-18(2,3)22(4,5)21-15-8-9-16-17(13-15)20-12-6-7-14(20)10-11-19-16/h6-7,10,15,19H,8-9,11-13H2,1-5H3/t15-/m1/s1. The number of rotatable bonds is 2. The van der Waals surface area contributed by atoms with E-state index < -0.39 is 8.32 Å². The Morgan fingerprint density at radius 1 is 1.32 bits per heavy atom. The maximum atomic E-state index is 6.69. The molecular weight excluding hydrogens is 288 g/mol. The molecule has 0 aromatic carbocycles. The van der Waals surface area contributed by atoms with Crippen LogP contribution in [-0.4, -0.2) is 32.4 Å². The van der Waals surface area contributed by atoms with Crippen molar-refractivity contribution in [2.75, 3.05) is 13.1 Å². The molecule has 0 unspecified atom stereocenters. The van der Waals surface area contributed by atoms with Crippen LogP contribution in [0.2, 0.25) is 18.1 Å². The van der Waals surface area contributed by atoms with Gasteiger partial charge in [0.1, 0.15) is 0 Å². The SMILES string of the molecule is CC(C)(C)[Si](C)(C)O[C@@H]1CCC2=C(C1)N1CC=CC1=CCN2. The third kappa shape index (κ3) is 2.91. The van der Waals surface area contributed by atoms with E-state index in [1.54, 1.807) is 0 Å². The molecule has 1 aliphatic carbocycles. The first kappa shape index (κ1) is 15.9. The molecule has 0 aromatic heterocycles. The summed E-state index contributed by atoms with van der Waals surface area (Å²) in [4.78, 5) is 2.47. The summed E-state index contributed by atoms with van der Waals surface area (Å²) >= 11 is 0. The van der Waals surface area contributed by atoms with E-state index in [-0.39, 0.29) is 5.04 Å². The van der Waals surface area contributed by atoms with Gasteiger partial charge in [0.05, 0.1) is 6.10 Å². The van der Waals surface area contributed by atoms with Crippen LogP contribution in [0.3, 0.4) is 0 Å². The second kappa shape index (κ2) is 5.57. The van der Waals surface area contributed by atoms with Crippen LogP contribution >= 0.6 is 0 Å². The summed E-state index contributed by atoms with van der Waals surface area (Å²) in [7, 11) is -1.69. The van der Waals surface area contributed by atoms with Crippen LogP contribution in [-0.2, 0) is 4.43 Å². The van der Waals surface area contributed by atoms with E-state index in [1.165, 1.54) is 17.1 Å². The van der Waals surface area contributed by atoms with Gasteiger partial charge in [0.25, 0.3) is 0 Å². The van der Waals surface area contributed by atoms with Gasteiger partial charge in [0, 0.05) is 36.6 Å². The van der Waals surface area contributed by atoms with E-state index in [9.17, 15) is 0 Å². The van der Waals surface area contributed by atoms with Gasteiger partial charge in [-0.05, 0) is 43.1 Å². The number of nitrogens with one attached hydrogen (secondary N) is 1. The molecule has 3 nitrogen and oxygen atoms in total. The van der Waals surface area contributed by atoms with Crippen molar-refractivity contribution in [3.05, 3.63) is 35.3 Å². The number of nitrogens with zero attached hydrogens (tertiary/aromatic N) is 1. The van der Waals surface area contributed by atoms with Crippen molar-refractivity contribution < 1.29 is 4.43 Å². The highest BCUT2D eigenvalue weighted by atomic mass is 28.4. The second-order valence-electron chi connectivity index (χ2n) is 8.19. The molecule has 0 aromatic rings. The van der Waals surface area contributed by atoms with E-state index in [4.69, 9.17) is 4.43 Å². The molecule has 0 saturated heterocycles. The molecule has 2 aliphatic heterocycles. The van der Waals surface area contributed by atoms with Gasteiger partial charge >= 0.3 is 0 Å². The summed E-state index contributed by atoms with van der Waals surface area (Å²) in [6.07, 6.45) is 10.5. The lowest BCUT2D eigenvalue weighted by atomic mass is 9.97. The van der Waals surface area contributed by atoms with Crippen molar-refractivity contribution in [2.24, 2.45) is 0 Å². The number of fused-ring (bicyclic) bond motifs is 2. The minimum Gasteiger partial charge on any atom is -0.414 e. The quantitative estimate of drug-likeness (QED) is 0.775. The summed E-state index contributed by atoms with van der Waals surface area (Å²) in [5, 5.41) is 3.89. The predicted octanol–water partition coefficient (Wildman–Crippen LogP) is 4.13. The Balaban J connectivity index is 1.76. The van der Waals surface area contributed by atoms with Gasteiger partial charge in [-0.25, -0.2) is 0 Å². The fourth-order valence-corrected chi connectivity index (χ4v) is 4.63. The molecule has 0 bridgehead atoms. The van der Waals surface area contributed by atoms with Crippen LogP contribution < -0.4 is 5.32 Å². The lowest BCUT2D eigenvalue weighted by molar-refractivity contribution is 0.154. The molecule has 122 valence electrons. The third-order valence-corrected chi connectivity index (χ3v) is 10.1. The maximum Gasteiger partial charge on any atom is 0.192 e. The largest absolute Gasteiger partial charge is 0.414 e. The summed E-state index contributed by atoms with van der Waals surface area (Å²) in [6.45, 7) is 13.7. The summed E-state index contributed by atoms with van der Waals surface area (Å²) in [5.41, 5.74) is 4.25. The minimum atomic E-state index is -1.69. The normalized spacial score (nSPS) is 25.4. The van der Waals surface area contributed by atoms with E-state index in [0.29, 0.717) is 6.10 Å². The van der Waals surface area contributed by atoms with Gasteiger partial charge in [-0.15, -0.1) is 0 Å². The molecule has 3 aliphatic rings. The zero-order chi connectivity index (χ0) is 16.0. The van der Waals surface area contributed by atoms with E-state index >= 15 is 0 Å². The molecule has 0 saturated carbocycles. The Morgan fingerprint density at radius 2 is 2.09 bits per heavy atom. The highest BCUT2D eigenvalue weighted by Gasteiger charge is 2.40. The van der Waals surface area contributed by atoms with Gasteiger partial charge in [0.2, 0.25) is 0 Å².